The van der Waals surface area contributed by atoms with Crippen LogP contribution in [0.5, 0.6) is 0 Å². The molecule has 4 unspecified atom stereocenters. The van der Waals surface area contributed by atoms with E-state index in [0.717, 1.165) is 0 Å². The van der Waals surface area contributed by atoms with Crippen LogP contribution in [0.15, 0.2) is 60.7 Å². The minimum atomic E-state index is 0.603. The smallest absolute Gasteiger partial charge is 0.0242 e. The van der Waals surface area contributed by atoms with Crippen molar-refractivity contribution in [3.05, 3.63) is 82.9 Å². The van der Waals surface area contributed by atoms with E-state index in [0.29, 0.717) is 22.3 Å². The highest BCUT2D eigenvalue weighted by Crippen LogP contribution is 2.47. The zero-order valence-corrected chi connectivity index (χ0v) is 15.1. The minimum absolute atomic E-state index is 0.603. The van der Waals surface area contributed by atoms with Crippen molar-refractivity contribution in [2.75, 3.05) is 11.5 Å². The summed E-state index contributed by atoms with van der Waals surface area (Å²) in [6, 6.07) is 17.8. The Hall–Kier alpha value is -1.38. The molecule has 2 aromatic rings. The fraction of sp³-hybridized carbons (Fsp3) is 0.273. The Morgan fingerprint density at radius 2 is 1.08 bits per heavy atom. The third-order valence-corrected chi connectivity index (χ3v) is 8.73. The first-order valence-electron chi connectivity index (χ1n) is 8.67. The van der Waals surface area contributed by atoms with Crippen LogP contribution in [-0.4, -0.2) is 22.0 Å². The molecule has 0 aromatic heterocycles. The summed E-state index contributed by atoms with van der Waals surface area (Å²) in [5.74, 6) is 3.72. The van der Waals surface area contributed by atoms with Gasteiger partial charge < -0.3 is 0 Å². The van der Waals surface area contributed by atoms with E-state index in [-0.39, 0.29) is 0 Å². The summed E-state index contributed by atoms with van der Waals surface area (Å²) in [4.78, 5) is 0. The monoisotopic (exact) mass is 348 g/mol. The molecule has 1 heterocycles. The number of allylic oxidation sites excluding steroid dienone is 2. The molecule has 0 radical (unpaired) electrons. The second-order valence-corrected chi connectivity index (χ2v) is 9.32. The van der Waals surface area contributed by atoms with Gasteiger partial charge in [0, 0.05) is 33.8 Å². The van der Waals surface area contributed by atoms with E-state index in [9.17, 15) is 0 Å². The third kappa shape index (κ3) is 2.48. The zero-order valence-electron chi connectivity index (χ0n) is 13.5. The average Bonchev–Trinajstić information content (AvgIpc) is 3.26. The average molecular weight is 349 g/mol. The van der Waals surface area contributed by atoms with Crippen LogP contribution in [0.25, 0.3) is 12.2 Å². The number of hydrogen-bond donors (Lipinski definition) is 0. The van der Waals surface area contributed by atoms with Gasteiger partial charge in [-0.15, -0.1) is 0 Å². The molecule has 2 aliphatic carbocycles. The number of thioether (sulfide) groups is 2. The van der Waals surface area contributed by atoms with E-state index >= 15 is 0 Å². The summed E-state index contributed by atoms with van der Waals surface area (Å²) in [6.45, 7) is 0. The van der Waals surface area contributed by atoms with Crippen molar-refractivity contribution in [1.82, 2.24) is 0 Å². The molecule has 5 rings (SSSR count). The molecule has 1 aliphatic heterocycles. The molecule has 0 saturated carbocycles. The van der Waals surface area contributed by atoms with E-state index in [1.165, 1.54) is 33.8 Å². The Kier molecular flexibility index (Phi) is 3.83. The van der Waals surface area contributed by atoms with Crippen LogP contribution >= 0.6 is 23.5 Å². The molecule has 0 nitrogen and oxygen atoms in total. The topological polar surface area (TPSA) is 0 Å². The first-order valence-corrected chi connectivity index (χ1v) is 10.8. The van der Waals surface area contributed by atoms with E-state index in [4.69, 9.17) is 0 Å². The van der Waals surface area contributed by atoms with E-state index < -0.39 is 0 Å². The highest BCUT2D eigenvalue weighted by Gasteiger charge is 2.35. The molecule has 0 amide bonds. The molecule has 0 bridgehead atoms. The van der Waals surface area contributed by atoms with Crippen molar-refractivity contribution in [2.45, 2.75) is 22.3 Å². The van der Waals surface area contributed by atoms with Crippen LogP contribution < -0.4 is 0 Å². The van der Waals surface area contributed by atoms with Crippen molar-refractivity contribution in [2.24, 2.45) is 0 Å². The molecule has 0 spiro atoms. The lowest BCUT2D eigenvalue weighted by Gasteiger charge is -2.34. The van der Waals surface area contributed by atoms with Crippen LogP contribution in [0.1, 0.15) is 34.1 Å². The standard InChI is InChI=1S/C22H20S2/c1-3-7-17-15(5-1)9-11-19(17)21-13-24-22(14-23-21)20-12-10-16-6-2-4-8-18(16)20/h1-12,19-22H,13-14H2. The quantitative estimate of drug-likeness (QED) is 0.670. The molecule has 1 fully saturated rings. The van der Waals surface area contributed by atoms with E-state index in [1.54, 1.807) is 0 Å². The summed E-state index contributed by atoms with van der Waals surface area (Å²) < 4.78 is 0. The maximum atomic E-state index is 2.42. The largest absolute Gasteiger partial charge is 0.156 e. The van der Waals surface area contributed by atoms with Crippen LogP contribution in [0, 0.1) is 0 Å². The highest BCUT2D eigenvalue weighted by molar-refractivity contribution is 8.07. The van der Waals surface area contributed by atoms with Crippen molar-refractivity contribution >= 4 is 35.7 Å². The molecule has 1 saturated heterocycles. The van der Waals surface area contributed by atoms with Gasteiger partial charge in [0.05, 0.1) is 0 Å². The lowest BCUT2D eigenvalue weighted by molar-refractivity contribution is 0.798. The second-order valence-electron chi connectivity index (χ2n) is 6.77. The van der Waals surface area contributed by atoms with E-state index in [2.05, 4.69) is 96.4 Å². The molecule has 120 valence electrons. The fourth-order valence-electron chi connectivity index (χ4n) is 4.15. The van der Waals surface area contributed by atoms with Gasteiger partial charge in [0.2, 0.25) is 0 Å². The van der Waals surface area contributed by atoms with Crippen LogP contribution in [-0.2, 0) is 0 Å². The predicted octanol–water partition coefficient (Wildman–Crippen LogP) is 5.82. The Morgan fingerprint density at radius 3 is 1.54 bits per heavy atom. The summed E-state index contributed by atoms with van der Waals surface area (Å²) in [5.41, 5.74) is 5.89. The van der Waals surface area contributed by atoms with Crippen molar-refractivity contribution < 1.29 is 0 Å². The Bertz CT molecular complexity index is 743. The number of hydrogen-bond acceptors (Lipinski definition) is 2. The van der Waals surface area contributed by atoms with Gasteiger partial charge in [-0.3, -0.25) is 0 Å². The first-order chi connectivity index (χ1) is 11.9. The summed E-state index contributed by atoms with van der Waals surface area (Å²) >= 11 is 4.38. The molecule has 0 N–H and O–H groups in total. The maximum Gasteiger partial charge on any atom is 0.0242 e. The molecule has 24 heavy (non-hydrogen) atoms. The number of rotatable bonds is 2. The predicted molar refractivity (Wildman–Crippen MR) is 109 cm³/mol. The molecule has 2 aromatic carbocycles. The third-order valence-electron chi connectivity index (χ3n) is 5.43. The Balaban J connectivity index is 1.29. The molecular weight excluding hydrogens is 328 g/mol. The SMILES string of the molecule is C1=CC(C2CSC(C3C=Cc4ccccc43)CS2)c2ccccc21. The lowest BCUT2D eigenvalue weighted by atomic mass is 9.97. The van der Waals surface area contributed by atoms with Crippen LogP contribution in [0.3, 0.4) is 0 Å². The molecule has 3 aliphatic rings. The van der Waals surface area contributed by atoms with Gasteiger partial charge in [-0.25, -0.2) is 0 Å². The van der Waals surface area contributed by atoms with Gasteiger partial charge in [-0.1, -0.05) is 72.8 Å². The van der Waals surface area contributed by atoms with Crippen molar-refractivity contribution in [3.8, 4) is 0 Å². The minimum Gasteiger partial charge on any atom is -0.156 e. The highest BCUT2D eigenvalue weighted by atomic mass is 32.2. The summed E-state index contributed by atoms with van der Waals surface area (Å²) in [6.07, 6.45) is 9.47. The van der Waals surface area contributed by atoms with Gasteiger partial charge in [-0.2, -0.15) is 23.5 Å². The first kappa shape index (κ1) is 14.9. The maximum absolute atomic E-state index is 2.42. The second kappa shape index (κ2) is 6.16. The normalized spacial score (nSPS) is 30.3. The fourth-order valence-corrected chi connectivity index (χ4v) is 7.57. The van der Waals surface area contributed by atoms with Gasteiger partial charge >= 0.3 is 0 Å². The summed E-state index contributed by atoms with van der Waals surface area (Å²) in [7, 11) is 0. The van der Waals surface area contributed by atoms with Crippen molar-refractivity contribution in [3.63, 3.8) is 0 Å². The Labute approximate surface area is 152 Å². The van der Waals surface area contributed by atoms with Crippen LogP contribution in [0.2, 0.25) is 0 Å². The zero-order chi connectivity index (χ0) is 15.9. The van der Waals surface area contributed by atoms with E-state index in [1.807, 2.05) is 0 Å². The van der Waals surface area contributed by atoms with Crippen molar-refractivity contribution in [1.29, 1.82) is 0 Å². The van der Waals surface area contributed by atoms with Gasteiger partial charge in [0.25, 0.3) is 0 Å². The Morgan fingerprint density at radius 1 is 0.625 bits per heavy atom. The van der Waals surface area contributed by atoms with Gasteiger partial charge in [0.1, 0.15) is 0 Å². The molecule has 2 heteroatoms. The number of fused-ring (bicyclic) bond motifs is 2. The molecule has 4 atom stereocenters. The molecular formula is C22H20S2. The summed E-state index contributed by atoms with van der Waals surface area (Å²) in [5, 5.41) is 1.43. The van der Waals surface area contributed by atoms with Gasteiger partial charge in [-0.05, 0) is 22.3 Å². The van der Waals surface area contributed by atoms with Crippen LogP contribution in [0.4, 0.5) is 0 Å². The van der Waals surface area contributed by atoms with Gasteiger partial charge in [0.15, 0.2) is 0 Å². The number of benzene rings is 2. The lowest BCUT2D eigenvalue weighted by Crippen LogP contribution is -2.28.